The summed E-state index contributed by atoms with van der Waals surface area (Å²) in [7, 11) is 1.87. The van der Waals surface area contributed by atoms with Gasteiger partial charge in [0.05, 0.1) is 13.1 Å². The number of hydrogen-bond acceptors (Lipinski definition) is 3. The van der Waals surface area contributed by atoms with Crippen LogP contribution in [0, 0.1) is 12.3 Å². The molecule has 1 aromatic heterocycles. The molecule has 0 atom stereocenters. The molecule has 1 N–H and O–H groups in total. The first-order valence-corrected chi connectivity index (χ1v) is 4.87. The molecule has 0 saturated carbocycles. The Labute approximate surface area is 89.7 Å². The summed E-state index contributed by atoms with van der Waals surface area (Å²) < 4.78 is 1.78. The largest absolute Gasteiger partial charge is 0.299 e. The molecule has 0 unspecified atom stereocenters. The van der Waals surface area contributed by atoms with Crippen molar-refractivity contribution in [1.82, 2.24) is 15.1 Å². The van der Waals surface area contributed by atoms with E-state index >= 15 is 0 Å². The number of nitrogens with zero attached hydrogens (tertiary/aromatic N) is 2. The van der Waals surface area contributed by atoms with Crippen LogP contribution in [0.3, 0.4) is 0 Å². The fourth-order valence-electron chi connectivity index (χ4n) is 1.28. The smallest absolute Gasteiger partial charge is 0.147 e. The van der Waals surface area contributed by atoms with Crippen LogP contribution in [0.4, 0.5) is 0 Å². The quantitative estimate of drug-likeness (QED) is 0.531. The molecule has 1 heterocycles. The fraction of sp³-hybridized carbons (Fsp3) is 0.455. The number of terminal acetylenes is 1. The van der Waals surface area contributed by atoms with Crippen LogP contribution in [-0.2, 0) is 18.3 Å². The first-order chi connectivity index (χ1) is 7.24. The van der Waals surface area contributed by atoms with E-state index in [1.807, 2.05) is 13.1 Å². The number of nitrogens with one attached hydrogen (secondary N) is 1. The summed E-state index contributed by atoms with van der Waals surface area (Å²) in [5.41, 5.74) is 1.07. The number of Topliss-reactive ketones (excluding diaryl/α,β-unsaturated/α-hetero) is 1. The van der Waals surface area contributed by atoms with E-state index in [4.69, 9.17) is 6.42 Å². The van der Waals surface area contributed by atoms with Gasteiger partial charge in [0.1, 0.15) is 5.78 Å². The van der Waals surface area contributed by atoms with E-state index in [1.165, 1.54) is 0 Å². The van der Waals surface area contributed by atoms with Crippen LogP contribution in [0.15, 0.2) is 12.3 Å². The maximum atomic E-state index is 11.4. The molecule has 0 aliphatic heterocycles. The molecule has 0 radical (unpaired) electrons. The van der Waals surface area contributed by atoms with E-state index in [0.29, 0.717) is 19.5 Å². The van der Waals surface area contributed by atoms with Gasteiger partial charge in [0.2, 0.25) is 0 Å². The summed E-state index contributed by atoms with van der Waals surface area (Å²) in [6.07, 6.45) is 8.04. The summed E-state index contributed by atoms with van der Waals surface area (Å²) in [6, 6.07) is 1.92. The van der Waals surface area contributed by atoms with Crippen molar-refractivity contribution in [1.29, 1.82) is 0 Å². The molecule has 0 aliphatic carbocycles. The van der Waals surface area contributed by atoms with Crippen LogP contribution in [0.1, 0.15) is 12.1 Å². The molecular formula is C11H15N3O. The molecular weight excluding hydrogens is 190 g/mol. The Morgan fingerprint density at radius 2 is 2.53 bits per heavy atom. The lowest BCUT2D eigenvalue weighted by Crippen LogP contribution is -2.23. The van der Waals surface area contributed by atoms with E-state index in [0.717, 1.165) is 12.1 Å². The van der Waals surface area contributed by atoms with Crippen LogP contribution in [-0.4, -0.2) is 28.7 Å². The van der Waals surface area contributed by atoms with Crippen molar-refractivity contribution in [2.45, 2.75) is 12.8 Å². The third kappa shape index (κ3) is 3.96. The lowest BCUT2D eigenvalue weighted by atomic mass is 10.2. The fourth-order valence-corrected chi connectivity index (χ4v) is 1.28. The third-order valence-electron chi connectivity index (χ3n) is 2.13. The second-order valence-corrected chi connectivity index (χ2v) is 3.29. The van der Waals surface area contributed by atoms with E-state index in [9.17, 15) is 4.79 Å². The molecule has 1 aromatic rings. The van der Waals surface area contributed by atoms with Crippen molar-refractivity contribution in [2.75, 3.05) is 13.1 Å². The second kappa shape index (κ2) is 5.99. The summed E-state index contributed by atoms with van der Waals surface area (Å²) in [5, 5.41) is 6.90. The third-order valence-corrected chi connectivity index (χ3v) is 2.13. The van der Waals surface area contributed by atoms with Crippen molar-refractivity contribution in [2.24, 2.45) is 7.05 Å². The van der Waals surface area contributed by atoms with Crippen LogP contribution >= 0.6 is 0 Å². The zero-order valence-corrected chi connectivity index (χ0v) is 8.86. The lowest BCUT2D eigenvalue weighted by Gasteiger charge is -2.02. The minimum absolute atomic E-state index is 0.173. The van der Waals surface area contributed by atoms with E-state index in [1.54, 1.807) is 10.9 Å². The van der Waals surface area contributed by atoms with Crippen LogP contribution < -0.4 is 5.32 Å². The normalized spacial score (nSPS) is 9.87. The maximum absolute atomic E-state index is 11.4. The molecule has 0 spiro atoms. The van der Waals surface area contributed by atoms with Crippen LogP contribution in [0.5, 0.6) is 0 Å². The van der Waals surface area contributed by atoms with Gasteiger partial charge in [-0.1, -0.05) is 5.92 Å². The SMILES string of the molecule is C#CCNCC(=O)CCc1ccnn1C. The minimum Gasteiger partial charge on any atom is -0.299 e. The topological polar surface area (TPSA) is 46.9 Å². The van der Waals surface area contributed by atoms with Gasteiger partial charge < -0.3 is 0 Å². The molecule has 0 amide bonds. The number of carbonyl (C=O) groups is 1. The summed E-state index contributed by atoms with van der Waals surface area (Å²) >= 11 is 0. The number of ketones is 1. The van der Waals surface area contributed by atoms with Crippen LogP contribution in [0.2, 0.25) is 0 Å². The van der Waals surface area contributed by atoms with Crippen molar-refractivity contribution in [3.8, 4) is 12.3 Å². The first kappa shape index (κ1) is 11.5. The summed E-state index contributed by atoms with van der Waals surface area (Å²) in [5.74, 6) is 2.60. The first-order valence-electron chi connectivity index (χ1n) is 4.87. The highest BCUT2D eigenvalue weighted by Crippen LogP contribution is 2.00. The number of aromatic nitrogens is 2. The molecule has 0 fully saturated rings. The van der Waals surface area contributed by atoms with Gasteiger partial charge >= 0.3 is 0 Å². The zero-order chi connectivity index (χ0) is 11.1. The highest BCUT2D eigenvalue weighted by molar-refractivity contribution is 5.80. The highest BCUT2D eigenvalue weighted by atomic mass is 16.1. The Balaban J connectivity index is 2.23. The number of carbonyl (C=O) groups excluding carboxylic acids is 1. The molecule has 0 saturated heterocycles. The van der Waals surface area contributed by atoms with Gasteiger partial charge in [-0.3, -0.25) is 14.8 Å². The van der Waals surface area contributed by atoms with Crippen LogP contribution in [0.25, 0.3) is 0 Å². The van der Waals surface area contributed by atoms with Crippen molar-refractivity contribution >= 4 is 5.78 Å². The summed E-state index contributed by atoms with van der Waals surface area (Å²) in [6.45, 7) is 0.791. The van der Waals surface area contributed by atoms with E-state index in [2.05, 4.69) is 16.3 Å². The molecule has 0 aliphatic rings. The van der Waals surface area contributed by atoms with Gasteiger partial charge in [0.15, 0.2) is 0 Å². The van der Waals surface area contributed by atoms with E-state index < -0.39 is 0 Å². The Kier molecular flexibility index (Phi) is 4.58. The monoisotopic (exact) mass is 205 g/mol. The molecule has 4 heteroatoms. The van der Waals surface area contributed by atoms with Crippen molar-refractivity contribution < 1.29 is 4.79 Å². The average molecular weight is 205 g/mol. The Hall–Kier alpha value is -1.60. The highest BCUT2D eigenvalue weighted by Gasteiger charge is 2.04. The number of aryl methyl sites for hydroxylation is 2. The van der Waals surface area contributed by atoms with Crippen molar-refractivity contribution in [3.05, 3.63) is 18.0 Å². The molecule has 4 nitrogen and oxygen atoms in total. The maximum Gasteiger partial charge on any atom is 0.147 e. The predicted molar refractivity (Wildman–Crippen MR) is 58.2 cm³/mol. The van der Waals surface area contributed by atoms with Gasteiger partial charge in [0, 0.05) is 25.4 Å². The molecule has 0 bridgehead atoms. The molecule has 15 heavy (non-hydrogen) atoms. The van der Waals surface area contributed by atoms with E-state index in [-0.39, 0.29) is 5.78 Å². The zero-order valence-electron chi connectivity index (χ0n) is 8.86. The summed E-state index contributed by atoms with van der Waals surface area (Å²) in [4.78, 5) is 11.4. The average Bonchev–Trinajstić information content (AvgIpc) is 2.61. The van der Waals surface area contributed by atoms with Gasteiger partial charge in [-0.2, -0.15) is 5.10 Å². The van der Waals surface area contributed by atoms with Gasteiger partial charge in [0.25, 0.3) is 0 Å². The minimum atomic E-state index is 0.173. The van der Waals surface area contributed by atoms with Gasteiger partial charge in [-0.15, -0.1) is 6.42 Å². The molecule has 0 aromatic carbocycles. The lowest BCUT2D eigenvalue weighted by molar-refractivity contribution is -0.118. The predicted octanol–water partition coefficient (Wildman–Crippen LogP) is 0.145. The Bertz CT molecular complexity index is 362. The van der Waals surface area contributed by atoms with Crippen molar-refractivity contribution in [3.63, 3.8) is 0 Å². The molecule has 80 valence electrons. The van der Waals surface area contributed by atoms with Gasteiger partial charge in [-0.25, -0.2) is 0 Å². The Morgan fingerprint density at radius 1 is 1.73 bits per heavy atom. The number of hydrogen-bond donors (Lipinski definition) is 1. The Morgan fingerprint density at radius 3 is 3.13 bits per heavy atom. The van der Waals surface area contributed by atoms with Gasteiger partial charge in [-0.05, 0) is 12.5 Å². The standard InChI is InChI=1S/C11H15N3O/c1-3-7-12-9-11(15)5-4-10-6-8-13-14(10)2/h1,6,8,12H,4-5,7,9H2,2H3. The number of rotatable bonds is 6. The second-order valence-electron chi connectivity index (χ2n) is 3.29. The molecule has 1 rings (SSSR count).